The number of rotatable bonds is 5. The molecule has 2 nitrogen and oxygen atoms in total. The summed E-state index contributed by atoms with van der Waals surface area (Å²) in [5.74, 6) is 1.79. The molecule has 0 fully saturated rings. The molecule has 0 amide bonds. The fourth-order valence-electron chi connectivity index (χ4n) is 2.09. The fourth-order valence-corrected chi connectivity index (χ4v) is 2.35. The van der Waals surface area contributed by atoms with Gasteiger partial charge in [0.1, 0.15) is 5.75 Å². The number of ether oxygens (including phenoxy) is 1. The lowest BCUT2D eigenvalue weighted by Gasteiger charge is -2.11. The summed E-state index contributed by atoms with van der Waals surface area (Å²) in [6.07, 6.45) is 2.18. The molecule has 94 valence electrons. The van der Waals surface area contributed by atoms with Crippen LogP contribution in [0.5, 0.6) is 5.75 Å². The van der Waals surface area contributed by atoms with Crippen LogP contribution in [0, 0.1) is 5.92 Å². The Bertz CT molecular complexity index is 390. The normalized spacial score (nSPS) is 13.9. The molecule has 2 rings (SSSR count). The van der Waals surface area contributed by atoms with Gasteiger partial charge in [-0.1, -0.05) is 25.4 Å². The molecule has 17 heavy (non-hydrogen) atoms. The van der Waals surface area contributed by atoms with Gasteiger partial charge in [-0.05, 0) is 36.6 Å². The zero-order valence-electron chi connectivity index (χ0n) is 10.6. The van der Waals surface area contributed by atoms with Gasteiger partial charge in [0.15, 0.2) is 0 Å². The van der Waals surface area contributed by atoms with Crippen molar-refractivity contribution in [3.05, 3.63) is 28.3 Å². The van der Waals surface area contributed by atoms with Crippen molar-refractivity contribution in [1.29, 1.82) is 0 Å². The van der Waals surface area contributed by atoms with E-state index in [0.717, 1.165) is 42.8 Å². The zero-order chi connectivity index (χ0) is 12.3. The summed E-state index contributed by atoms with van der Waals surface area (Å²) in [6, 6.07) is 4.02. The molecule has 0 saturated heterocycles. The summed E-state index contributed by atoms with van der Waals surface area (Å²) >= 11 is 6.11. The average Bonchev–Trinajstić information content (AvgIpc) is 2.71. The minimum atomic E-state index is 0.740. The lowest BCUT2D eigenvalue weighted by Crippen LogP contribution is -2.16. The molecule has 0 aliphatic carbocycles. The highest BCUT2D eigenvalue weighted by Crippen LogP contribution is 2.32. The molecule has 0 bridgehead atoms. The first-order valence-corrected chi connectivity index (χ1v) is 6.69. The van der Waals surface area contributed by atoms with E-state index in [-0.39, 0.29) is 0 Å². The fraction of sp³-hybridized carbons (Fsp3) is 0.571. The van der Waals surface area contributed by atoms with Crippen LogP contribution >= 0.6 is 11.6 Å². The number of halogens is 1. The predicted octanol–water partition coefficient (Wildman–Crippen LogP) is 3.41. The molecule has 0 atom stereocenters. The number of hydrogen-bond acceptors (Lipinski definition) is 2. The van der Waals surface area contributed by atoms with Gasteiger partial charge < -0.3 is 10.1 Å². The highest BCUT2D eigenvalue weighted by atomic mass is 35.5. The van der Waals surface area contributed by atoms with Crippen molar-refractivity contribution < 1.29 is 4.74 Å². The average molecular weight is 254 g/mol. The third-order valence-corrected chi connectivity index (χ3v) is 3.26. The van der Waals surface area contributed by atoms with E-state index in [2.05, 4.69) is 19.2 Å². The van der Waals surface area contributed by atoms with Crippen molar-refractivity contribution in [1.82, 2.24) is 5.32 Å². The minimum Gasteiger partial charge on any atom is -0.493 e. The lowest BCUT2D eigenvalue weighted by molar-refractivity contribution is 0.352. The van der Waals surface area contributed by atoms with E-state index in [1.165, 1.54) is 17.5 Å². The van der Waals surface area contributed by atoms with E-state index in [9.17, 15) is 0 Å². The highest BCUT2D eigenvalue weighted by Gasteiger charge is 2.17. The predicted molar refractivity (Wildman–Crippen MR) is 71.8 cm³/mol. The summed E-state index contributed by atoms with van der Waals surface area (Å²) in [6.45, 7) is 7.15. The van der Waals surface area contributed by atoms with Crippen LogP contribution in [0.1, 0.15) is 31.4 Å². The molecule has 0 unspecified atom stereocenters. The number of fused-ring (bicyclic) bond motifs is 1. The SMILES string of the molecule is CC(C)CCNCc1cc(Cl)cc2c1OCC2. The lowest BCUT2D eigenvalue weighted by atomic mass is 10.1. The molecule has 0 spiro atoms. The van der Waals surface area contributed by atoms with E-state index >= 15 is 0 Å². The Morgan fingerprint density at radius 1 is 1.41 bits per heavy atom. The van der Waals surface area contributed by atoms with Crippen molar-refractivity contribution in [2.45, 2.75) is 33.2 Å². The van der Waals surface area contributed by atoms with Crippen LogP contribution in [-0.4, -0.2) is 13.2 Å². The maximum atomic E-state index is 6.11. The second-order valence-corrected chi connectivity index (χ2v) is 5.45. The Hall–Kier alpha value is -0.730. The molecule has 0 aromatic heterocycles. The van der Waals surface area contributed by atoms with Gasteiger partial charge in [0.2, 0.25) is 0 Å². The van der Waals surface area contributed by atoms with Crippen LogP contribution in [0.25, 0.3) is 0 Å². The summed E-state index contributed by atoms with van der Waals surface area (Å²) in [4.78, 5) is 0. The number of hydrogen-bond donors (Lipinski definition) is 1. The summed E-state index contributed by atoms with van der Waals surface area (Å²) in [5, 5.41) is 4.27. The van der Waals surface area contributed by atoms with Gasteiger partial charge in [-0.2, -0.15) is 0 Å². The van der Waals surface area contributed by atoms with E-state index in [0.29, 0.717) is 0 Å². The van der Waals surface area contributed by atoms with Gasteiger partial charge in [-0.3, -0.25) is 0 Å². The van der Waals surface area contributed by atoms with Crippen LogP contribution in [0.3, 0.4) is 0 Å². The molecule has 1 heterocycles. The smallest absolute Gasteiger partial charge is 0.127 e. The number of nitrogens with one attached hydrogen (secondary N) is 1. The monoisotopic (exact) mass is 253 g/mol. The number of benzene rings is 1. The first kappa shape index (κ1) is 12.7. The van der Waals surface area contributed by atoms with E-state index in [4.69, 9.17) is 16.3 Å². The Labute approximate surface area is 108 Å². The minimum absolute atomic E-state index is 0.740. The van der Waals surface area contributed by atoms with Crippen LogP contribution in [-0.2, 0) is 13.0 Å². The zero-order valence-corrected chi connectivity index (χ0v) is 11.3. The van der Waals surface area contributed by atoms with Crippen molar-refractivity contribution in [3.8, 4) is 5.75 Å². The van der Waals surface area contributed by atoms with Gasteiger partial charge >= 0.3 is 0 Å². The molecule has 1 aliphatic rings. The molecular formula is C14H20ClNO. The Morgan fingerprint density at radius 3 is 3.00 bits per heavy atom. The molecule has 1 aliphatic heterocycles. The first-order chi connectivity index (χ1) is 8.16. The summed E-state index contributed by atoms with van der Waals surface area (Å²) < 4.78 is 5.66. The molecule has 0 saturated carbocycles. The Morgan fingerprint density at radius 2 is 2.24 bits per heavy atom. The topological polar surface area (TPSA) is 21.3 Å². The largest absolute Gasteiger partial charge is 0.493 e. The van der Waals surface area contributed by atoms with Crippen LogP contribution in [0.2, 0.25) is 5.02 Å². The van der Waals surface area contributed by atoms with Gasteiger partial charge in [0, 0.05) is 23.6 Å². The van der Waals surface area contributed by atoms with Gasteiger partial charge in [0.05, 0.1) is 6.61 Å². The molecular weight excluding hydrogens is 234 g/mol. The molecule has 1 aromatic rings. The van der Waals surface area contributed by atoms with E-state index in [1.54, 1.807) is 0 Å². The van der Waals surface area contributed by atoms with Crippen molar-refractivity contribution in [3.63, 3.8) is 0 Å². The third-order valence-electron chi connectivity index (χ3n) is 3.04. The van der Waals surface area contributed by atoms with Crippen LogP contribution < -0.4 is 10.1 Å². The van der Waals surface area contributed by atoms with Gasteiger partial charge in [-0.15, -0.1) is 0 Å². The second-order valence-electron chi connectivity index (χ2n) is 5.01. The first-order valence-electron chi connectivity index (χ1n) is 6.31. The Kier molecular flexibility index (Phi) is 4.30. The summed E-state index contributed by atoms with van der Waals surface area (Å²) in [7, 11) is 0. The van der Waals surface area contributed by atoms with Crippen molar-refractivity contribution in [2.75, 3.05) is 13.2 Å². The molecule has 3 heteroatoms. The van der Waals surface area contributed by atoms with E-state index < -0.39 is 0 Å². The third kappa shape index (κ3) is 3.36. The van der Waals surface area contributed by atoms with Crippen LogP contribution in [0.4, 0.5) is 0 Å². The standard InChI is InChI=1S/C14H20ClNO/c1-10(2)3-5-16-9-12-8-13(15)7-11-4-6-17-14(11)12/h7-8,10,16H,3-6,9H2,1-2H3. The molecule has 1 N–H and O–H groups in total. The Balaban J connectivity index is 1.96. The maximum absolute atomic E-state index is 6.11. The second kappa shape index (κ2) is 5.74. The van der Waals surface area contributed by atoms with Crippen LogP contribution in [0.15, 0.2) is 12.1 Å². The van der Waals surface area contributed by atoms with Crippen molar-refractivity contribution >= 4 is 11.6 Å². The van der Waals surface area contributed by atoms with Gasteiger partial charge in [0.25, 0.3) is 0 Å². The summed E-state index contributed by atoms with van der Waals surface area (Å²) in [5.41, 5.74) is 2.44. The van der Waals surface area contributed by atoms with Crippen molar-refractivity contribution in [2.24, 2.45) is 5.92 Å². The highest BCUT2D eigenvalue weighted by molar-refractivity contribution is 6.30. The van der Waals surface area contributed by atoms with Gasteiger partial charge in [-0.25, -0.2) is 0 Å². The quantitative estimate of drug-likeness (QED) is 0.812. The molecule has 1 aromatic carbocycles. The molecule has 0 radical (unpaired) electrons. The van der Waals surface area contributed by atoms with E-state index in [1.807, 2.05) is 12.1 Å². The maximum Gasteiger partial charge on any atom is 0.127 e.